The van der Waals surface area contributed by atoms with Crippen molar-refractivity contribution in [3.05, 3.63) is 71.8 Å². The monoisotopic (exact) mass is 500 g/mol. The molecule has 3 aromatic rings. The Hall–Kier alpha value is -3.37. The summed E-state index contributed by atoms with van der Waals surface area (Å²) in [5.41, 5.74) is 3.61. The zero-order chi connectivity index (χ0) is 24.7. The Morgan fingerprint density at radius 3 is 2.26 bits per heavy atom. The third-order valence-electron chi connectivity index (χ3n) is 5.70. The first-order valence-electron chi connectivity index (χ1n) is 10.6. The number of amides is 1. The van der Waals surface area contributed by atoms with Gasteiger partial charge in [-0.05, 0) is 59.5 Å². The summed E-state index contributed by atoms with van der Waals surface area (Å²) in [6, 6.07) is 16.5. The average Bonchev–Trinajstić information content (AvgIpc) is 2.80. The Morgan fingerprint density at radius 1 is 0.941 bits per heavy atom. The summed E-state index contributed by atoms with van der Waals surface area (Å²) in [5, 5.41) is 9.97. The van der Waals surface area contributed by atoms with Crippen LogP contribution < -0.4 is 9.62 Å². The fraction of sp³-hybridized carbons (Fsp3) is 0.208. The SMILES string of the molecule is CCS(=O)(=O)c1ccc(-c2ccc3c(c2)CCN(c2ccc(O)c(NS(C)(=O)=O)c2)C3=O)cc1. The molecule has 3 aromatic carbocycles. The summed E-state index contributed by atoms with van der Waals surface area (Å²) in [6.07, 6.45) is 1.56. The number of nitrogens with one attached hydrogen (secondary N) is 1. The van der Waals surface area contributed by atoms with E-state index in [1.165, 1.54) is 12.1 Å². The number of hydrogen-bond donors (Lipinski definition) is 2. The molecular formula is C24H24N2O6S2. The van der Waals surface area contributed by atoms with Crippen LogP contribution in [0.3, 0.4) is 0 Å². The highest BCUT2D eigenvalue weighted by Crippen LogP contribution is 2.33. The van der Waals surface area contributed by atoms with Crippen molar-refractivity contribution in [2.45, 2.75) is 18.2 Å². The van der Waals surface area contributed by atoms with Crippen molar-refractivity contribution in [2.75, 3.05) is 28.2 Å². The summed E-state index contributed by atoms with van der Waals surface area (Å²) in [4.78, 5) is 15.0. The number of phenols is 1. The van der Waals surface area contributed by atoms with Crippen molar-refractivity contribution in [3.63, 3.8) is 0 Å². The largest absolute Gasteiger partial charge is 0.506 e. The number of benzene rings is 3. The maximum absolute atomic E-state index is 13.2. The highest BCUT2D eigenvalue weighted by atomic mass is 32.2. The number of phenolic OH excluding ortho intramolecular Hbond substituents is 1. The van der Waals surface area contributed by atoms with Crippen LogP contribution in [-0.2, 0) is 26.3 Å². The number of sulfonamides is 1. The fourth-order valence-corrected chi connectivity index (χ4v) is 5.36. The van der Waals surface area contributed by atoms with Crippen LogP contribution in [0.2, 0.25) is 0 Å². The predicted octanol–water partition coefficient (Wildman–Crippen LogP) is 3.43. The first kappa shape index (κ1) is 23.8. The van der Waals surface area contributed by atoms with Crippen molar-refractivity contribution in [3.8, 4) is 16.9 Å². The molecule has 0 atom stereocenters. The van der Waals surface area contributed by atoms with Crippen molar-refractivity contribution >= 4 is 37.1 Å². The third kappa shape index (κ3) is 4.78. The Labute approximate surface area is 198 Å². The van der Waals surface area contributed by atoms with Crippen LogP contribution in [0.15, 0.2) is 65.6 Å². The van der Waals surface area contributed by atoms with Gasteiger partial charge in [-0.2, -0.15) is 0 Å². The normalized spacial score (nSPS) is 14.1. The highest BCUT2D eigenvalue weighted by molar-refractivity contribution is 7.92. The Bertz CT molecular complexity index is 1480. The molecule has 1 aliphatic rings. The second kappa shape index (κ2) is 8.77. The van der Waals surface area contributed by atoms with E-state index in [-0.39, 0.29) is 28.0 Å². The van der Waals surface area contributed by atoms with E-state index in [1.54, 1.807) is 48.2 Å². The van der Waals surface area contributed by atoms with E-state index in [2.05, 4.69) is 4.72 Å². The van der Waals surface area contributed by atoms with Crippen molar-refractivity contribution < 1.29 is 26.7 Å². The minimum atomic E-state index is -3.60. The standard InChI is InChI=1S/C24H24N2O6S2/c1-3-34(31,32)20-8-4-16(5-9-20)17-6-10-21-18(14-17)12-13-26(24(21)28)19-7-11-23(27)22(15-19)25-33(2,29)30/h4-11,14-15,25,27H,3,12-13H2,1-2H3. The van der Waals surface area contributed by atoms with E-state index in [4.69, 9.17) is 0 Å². The first-order valence-corrected chi connectivity index (χ1v) is 14.1. The van der Waals surface area contributed by atoms with Crippen LogP contribution in [0, 0.1) is 0 Å². The molecule has 2 N–H and O–H groups in total. The molecule has 0 saturated heterocycles. The van der Waals surface area contributed by atoms with Gasteiger partial charge in [-0.25, -0.2) is 16.8 Å². The number of sulfone groups is 1. The lowest BCUT2D eigenvalue weighted by molar-refractivity contribution is 0.0980. The predicted molar refractivity (Wildman–Crippen MR) is 132 cm³/mol. The lowest BCUT2D eigenvalue weighted by Crippen LogP contribution is -2.37. The number of hydrogen-bond acceptors (Lipinski definition) is 6. The Morgan fingerprint density at radius 2 is 1.62 bits per heavy atom. The maximum atomic E-state index is 13.2. The second-order valence-electron chi connectivity index (χ2n) is 8.08. The lowest BCUT2D eigenvalue weighted by Gasteiger charge is -2.29. The molecule has 0 unspecified atom stereocenters. The van der Waals surface area contributed by atoms with Crippen molar-refractivity contribution in [1.29, 1.82) is 0 Å². The van der Waals surface area contributed by atoms with E-state index in [9.17, 15) is 26.7 Å². The molecule has 0 aromatic heterocycles. The van der Waals surface area contributed by atoms with E-state index in [1.807, 2.05) is 12.1 Å². The molecule has 10 heteroatoms. The van der Waals surface area contributed by atoms with E-state index < -0.39 is 19.9 Å². The van der Waals surface area contributed by atoms with Gasteiger partial charge in [-0.1, -0.05) is 31.2 Å². The van der Waals surface area contributed by atoms with Crippen LogP contribution in [0.25, 0.3) is 11.1 Å². The summed E-state index contributed by atoms with van der Waals surface area (Å²) in [5.74, 6) is -0.425. The van der Waals surface area contributed by atoms with Gasteiger partial charge in [0.05, 0.1) is 22.6 Å². The smallest absolute Gasteiger partial charge is 0.258 e. The number of carbonyl (C=O) groups is 1. The Balaban J connectivity index is 1.61. The van der Waals surface area contributed by atoms with Crippen LogP contribution in [0.5, 0.6) is 5.75 Å². The number of rotatable bonds is 6. The number of nitrogens with zero attached hydrogens (tertiary/aromatic N) is 1. The van der Waals surface area contributed by atoms with Crippen LogP contribution in [0.4, 0.5) is 11.4 Å². The summed E-state index contributed by atoms with van der Waals surface area (Å²) in [6.45, 7) is 1.99. The lowest BCUT2D eigenvalue weighted by atomic mass is 9.94. The topological polar surface area (TPSA) is 121 Å². The van der Waals surface area contributed by atoms with Crippen molar-refractivity contribution in [1.82, 2.24) is 0 Å². The molecule has 178 valence electrons. The quantitative estimate of drug-likeness (QED) is 0.500. The molecule has 1 heterocycles. The van der Waals surface area contributed by atoms with E-state index in [0.717, 1.165) is 22.9 Å². The number of aromatic hydroxyl groups is 1. The van der Waals surface area contributed by atoms with Crippen LogP contribution in [-0.4, -0.2) is 46.4 Å². The molecule has 0 radical (unpaired) electrons. The van der Waals surface area contributed by atoms with Crippen LogP contribution >= 0.6 is 0 Å². The molecule has 4 rings (SSSR count). The van der Waals surface area contributed by atoms with Gasteiger partial charge in [-0.3, -0.25) is 9.52 Å². The molecule has 1 amide bonds. The molecule has 0 aliphatic carbocycles. The van der Waals surface area contributed by atoms with Gasteiger partial charge < -0.3 is 10.0 Å². The minimum Gasteiger partial charge on any atom is -0.506 e. The van der Waals surface area contributed by atoms with E-state index >= 15 is 0 Å². The maximum Gasteiger partial charge on any atom is 0.258 e. The fourth-order valence-electron chi connectivity index (χ4n) is 3.91. The first-order chi connectivity index (χ1) is 16.0. The van der Waals surface area contributed by atoms with Gasteiger partial charge in [0.15, 0.2) is 9.84 Å². The molecule has 0 saturated carbocycles. The molecule has 0 bridgehead atoms. The number of anilines is 2. The van der Waals surface area contributed by atoms with Gasteiger partial charge in [-0.15, -0.1) is 0 Å². The summed E-state index contributed by atoms with van der Waals surface area (Å²) in [7, 11) is -6.87. The molecule has 8 nitrogen and oxygen atoms in total. The van der Waals surface area contributed by atoms with Crippen LogP contribution in [0.1, 0.15) is 22.8 Å². The zero-order valence-corrected chi connectivity index (χ0v) is 20.3. The number of fused-ring (bicyclic) bond motifs is 1. The highest BCUT2D eigenvalue weighted by Gasteiger charge is 2.26. The van der Waals surface area contributed by atoms with Gasteiger partial charge in [0.2, 0.25) is 10.0 Å². The average molecular weight is 501 g/mol. The summed E-state index contributed by atoms with van der Waals surface area (Å²) < 4.78 is 49.5. The van der Waals surface area contributed by atoms with Gasteiger partial charge in [0.1, 0.15) is 5.75 Å². The van der Waals surface area contributed by atoms with E-state index in [0.29, 0.717) is 24.2 Å². The molecule has 0 fully saturated rings. The third-order valence-corrected chi connectivity index (χ3v) is 8.04. The Kier molecular flexibility index (Phi) is 6.13. The zero-order valence-electron chi connectivity index (χ0n) is 18.6. The van der Waals surface area contributed by atoms with Gasteiger partial charge in [0.25, 0.3) is 5.91 Å². The van der Waals surface area contributed by atoms with Crippen molar-refractivity contribution in [2.24, 2.45) is 0 Å². The molecule has 1 aliphatic heterocycles. The van der Waals surface area contributed by atoms with Gasteiger partial charge >= 0.3 is 0 Å². The van der Waals surface area contributed by atoms with Gasteiger partial charge in [0, 0.05) is 17.8 Å². The molecule has 34 heavy (non-hydrogen) atoms. The molecule has 0 spiro atoms. The second-order valence-corrected chi connectivity index (χ2v) is 12.1. The summed E-state index contributed by atoms with van der Waals surface area (Å²) >= 11 is 0. The molecular weight excluding hydrogens is 476 g/mol. The minimum absolute atomic E-state index is 0.00230. The number of carbonyl (C=O) groups excluding carboxylic acids is 1.